The van der Waals surface area contributed by atoms with Crippen LogP contribution < -0.4 is 0 Å². The van der Waals surface area contributed by atoms with Crippen molar-refractivity contribution in [3.05, 3.63) is 59.9 Å². The SMILES string of the molecule is CSc1ccc(C2C(c3ccccn3)N=C3SC(C)CN32)cc1. The van der Waals surface area contributed by atoms with Crippen LogP contribution in [0.2, 0.25) is 0 Å². The molecule has 118 valence electrons. The van der Waals surface area contributed by atoms with E-state index in [0.29, 0.717) is 5.25 Å². The number of hydrogen-bond acceptors (Lipinski definition) is 5. The fraction of sp³-hybridized carbons (Fsp3) is 0.333. The third-order valence-electron chi connectivity index (χ3n) is 4.34. The number of hydrogen-bond donors (Lipinski definition) is 0. The Balaban J connectivity index is 1.74. The summed E-state index contributed by atoms with van der Waals surface area (Å²) in [7, 11) is 0. The Morgan fingerprint density at radius 1 is 1.17 bits per heavy atom. The molecule has 0 amide bonds. The van der Waals surface area contributed by atoms with E-state index >= 15 is 0 Å². The quantitative estimate of drug-likeness (QED) is 0.774. The average molecular weight is 342 g/mol. The van der Waals surface area contributed by atoms with Gasteiger partial charge in [0.25, 0.3) is 0 Å². The second kappa shape index (κ2) is 6.21. The lowest BCUT2D eigenvalue weighted by molar-refractivity contribution is 0.321. The van der Waals surface area contributed by atoms with E-state index in [-0.39, 0.29) is 12.1 Å². The summed E-state index contributed by atoms with van der Waals surface area (Å²) in [6.07, 6.45) is 3.98. The zero-order chi connectivity index (χ0) is 15.8. The molecule has 1 aromatic carbocycles. The molecule has 5 heteroatoms. The Morgan fingerprint density at radius 3 is 2.70 bits per heavy atom. The van der Waals surface area contributed by atoms with Crippen molar-refractivity contribution in [3.8, 4) is 0 Å². The standard InChI is InChI=1S/C18H19N3S2/c1-12-11-21-17(13-6-8-14(22-2)9-7-13)16(20-18(21)23-12)15-5-3-4-10-19-15/h3-10,12,16-17H,11H2,1-2H3. The molecule has 3 unspecified atom stereocenters. The highest BCUT2D eigenvalue weighted by Gasteiger charge is 2.43. The van der Waals surface area contributed by atoms with Crippen molar-refractivity contribution < 1.29 is 0 Å². The Kier molecular flexibility index (Phi) is 4.07. The van der Waals surface area contributed by atoms with E-state index in [9.17, 15) is 0 Å². The Morgan fingerprint density at radius 2 is 2.00 bits per heavy atom. The molecule has 23 heavy (non-hydrogen) atoms. The molecule has 1 fully saturated rings. The normalized spacial score (nSPS) is 26.3. The van der Waals surface area contributed by atoms with Gasteiger partial charge < -0.3 is 4.90 Å². The maximum atomic E-state index is 5.01. The van der Waals surface area contributed by atoms with Crippen LogP contribution in [0.15, 0.2) is 58.5 Å². The van der Waals surface area contributed by atoms with Crippen LogP contribution in [0.4, 0.5) is 0 Å². The molecule has 3 heterocycles. The molecule has 0 aliphatic carbocycles. The highest BCUT2D eigenvalue weighted by Crippen LogP contribution is 2.47. The van der Waals surface area contributed by atoms with Crippen LogP contribution in [0.25, 0.3) is 0 Å². The third kappa shape index (κ3) is 2.76. The monoisotopic (exact) mass is 341 g/mol. The maximum Gasteiger partial charge on any atom is 0.160 e. The fourth-order valence-electron chi connectivity index (χ4n) is 3.28. The highest BCUT2D eigenvalue weighted by molar-refractivity contribution is 8.14. The van der Waals surface area contributed by atoms with Crippen molar-refractivity contribution in [3.63, 3.8) is 0 Å². The van der Waals surface area contributed by atoms with Gasteiger partial charge in [-0.3, -0.25) is 9.98 Å². The minimum atomic E-state index is 0.0892. The van der Waals surface area contributed by atoms with Gasteiger partial charge in [-0.05, 0) is 36.1 Å². The van der Waals surface area contributed by atoms with Crippen LogP contribution in [-0.2, 0) is 0 Å². The number of benzene rings is 1. The van der Waals surface area contributed by atoms with Gasteiger partial charge in [-0.1, -0.05) is 36.9 Å². The number of amidine groups is 1. The summed E-state index contributed by atoms with van der Waals surface area (Å²) in [6, 6.07) is 15.4. The number of aromatic nitrogens is 1. The predicted molar refractivity (Wildman–Crippen MR) is 99.1 cm³/mol. The van der Waals surface area contributed by atoms with Crippen LogP contribution in [0.3, 0.4) is 0 Å². The topological polar surface area (TPSA) is 28.5 Å². The number of rotatable bonds is 3. The second-order valence-corrected chi connectivity index (χ2v) is 8.20. The van der Waals surface area contributed by atoms with Gasteiger partial charge in [-0.2, -0.15) is 0 Å². The number of thioether (sulfide) groups is 2. The van der Waals surface area contributed by atoms with Crippen LogP contribution in [0.1, 0.15) is 30.3 Å². The molecule has 2 aliphatic rings. The van der Waals surface area contributed by atoms with Crippen molar-refractivity contribution in [2.24, 2.45) is 4.99 Å². The highest BCUT2D eigenvalue weighted by atomic mass is 32.2. The molecule has 3 nitrogen and oxygen atoms in total. The van der Waals surface area contributed by atoms with Crippen molar-refractivity contribution in [2.75, 3.05) is 12.8 Å². The fourth-order valence-corrected chi connectivity index (χ4v) is 4.78. The van der Waals surface area contributed by atoms with Gasteiger partial charge in [0.15, 0.2) is 5.17 Å². The van der Waals surface area contributed by atoms with E-state index in [0.717, 1.165) is 12.2 Å². The number of pyridine rings is 1. The summed E-state index contributed by atoms with van der Waals surface area (Å²) in [5.74, 6) is 0. The van der Waals surface area contributed by atoms with Gasteiger partial charge in [-0.15, -0.1) is 11.8 Å². The minimum Gasteiger partial charge on any atom is -0.341 e. The summed E-state index contributed by atoms with van der Waals surface area (Å²) in [5.41, 5.74) is 2.38. The number of fused-ring (bicyclic) bond motifs is 1. The molecule has 0 bridgehead atoms. The largest absolute Gasteiger partial charge is 0.341 e. The third-order valence-corrected chi connectivity index (χ3v) is 6.18. The summed E-state index contributed by atoms with van der Waals surface area (Å²) in [5, 5.41) is 1.78. The lowest BCUT2D eigenvalue weighted by Crippen LogP contribution is -2.28. The molecule has 1 saturated heterocycles. The van der Waals surface area contributed by atoms with Gasteiger partial charge in [0.2, 0.25) is 0 Å². The number of aliphatic imine (C=N–C) groups is 1. The summed E-state index contributed by atoms with van der Waals surface area (Å²) >= 11 is 3.66. The van der Waals surface area contributed by atoms with Crippen LogP contribution >= 0.6 is 23.5 Å². The van der Waals surface area contributed by atoms with Gasteiger partial charge in [0, 0.05) is 22.9 Å². The molecule has 0 N–H and O–H groups in total. The second-order valence-electron chi connectivity index (χ2n) is 5.91. The lowest BCUT2D eigenvalue weighted by atomic mass is 9.96. The lowest BCUT2D eigenvalue weighted by Gasteiger charge is -2.27. The van der Waals surface area contributed by atoms with Crippen LogP contribution in [0, 0.1) is 0 Å². The molecule has 1 aromatic heterocycles. The zero-order valence-electron chi connectivity index (χ0n) is 13.2. The van der Waals surface area contributed by atoms with Crippen molar-refractivity contribution in [1.29, 1.82) is 0 Å². The van der Waals surface area contributed by atoms with E-state index < -0.39 is 0 Å². The first-order chi connectivity index (χ1) is 11.3. The molecular formula is C18H19N3S2. The first-order valence-electron chi connectivity index (χ1n) is 7.82. The average Bonchev–Trinajstić information content (AvgIpc) is 3.11. The summed E-state index contributed by atoms with van der Waals surface area (Å²) in [4.78, 5) is 13.3. The van der Waals surface area contributed by atoms with E-state index in [1.165, 1.54) is 15.6 Å². The maximum absolute atomic E-state index is 5.01. The van der Waals surface area contributed by atoms with Gasteiger partial charge >= 0.3 is 0 Å². The number of nitrogens with zero attached hydrogens (tertiary/aromatic N) is 3. The Bertz CT molecular complexity index is 715. The van der Waals surface area contributed by atoms with E-state index in [1.807, 2.05) is 24.0 Å². The Labute approximate surface area is 145 Å². The molecule has 0 saturated carbocycles. The van der Waals surface area contributed by atoms with Gasteiger partial charge in [0.05, 0.1) is 11.7 Å². The van der Waals surface area contributed by atoms with Gasteiger partial charge in [0.1, 0.15) is 6.04 Å². The smallest absolute Gasteiger partial charge is 0.160 e. The van der Waals surface area contributed by atoms with E-state index in [1.54, 1.807) is 11.8 Å². The molecule has 0 spiro atoms. The van der Waals surface area contributed by atoms with E-state index in [4.69, 9.17) is 4.99 Å². The zero-order valence-corrected chi connectivity index (χ0v) is 14.8. The molecular weight excluding hydrogens is 322 g/mol. The van der Waals surface area contributed by atoms with Gasteiger partial charge in [-0.25, -0.2) is 0 Å². The Hall–Kier alpha value is -1.46. The molecule has 4 rings (SSSR count). The molecule has 2 aliphatic heterocycles. The van der Waals surface area contributed by atoms with Crippen LogP contribution in [-0.4, -0.2) is 33.1 Å². The first kappa shape index (κ1) is 15.1. The first-order valence-corrected chi connectivity index (χ1v) is 9.92. The van der Waals surface area contributed by atoms with E-state index in [2.05, 4.69) is 59.5 Å². The van der Waals surface area contributed by atoms with Crippen molar-refractivity contribution >= 4 is 28.7 Å². The van der Waals surface area contributed by atoms with Crippen molar-refractivity contribution in [2.45, 2.75) is 29.2 Å². The van der Waals surface area contributed by atoms with Crippen molar-refractivity contribution in [1.82, 2.24) is 9.88 Å². The minimum absolute atomic E-state index is 0.0892. The predicted octanol–water partition coefficient (Wildman–Crippen LogP) is 4.39. The summed E-state index contributed by atoms with van der Waals surface area (Å²) in [6.45, 7) is 3.33. The van der Waals surface area contributed by atoms with Crippen LogP contribution in [0.5, 0.6) is 0 Å². The molecule has 0 radical (unpaired) electrons. The molecule has 3 atom stereocenters. The summed E-state index contributed by atoms with van der Waals surface area (Å²) < 4.78 is 0. The molecule has 2 aromatic rings.